The fourth-order valence-corrected chi connectivity index (χ4v) is 0.837. The summed E-state index contributed by atoms with van der Waals surface area (Å²) in [7, 11) is 0.436. The zero-order chi connectivity index (χ0) is 6.85. The normalized spacial score (nSPS) is 25.2. The third-order valence-corrected chi connectivity index (χ3v) is 1.43. The number of hydrogen-bond donors (Lipinski definition) is 2. The average molecular weight is 128 g/mol. The van der Waals surface area contributed by atoms with Crippen LogP contribution in [0.5, 0.6) is 0 Å². The maximum absolute atomic E-state index is 8.66. The van der Waals surface area contributed by atoms with Crippen molar-refractivity contribution in [2.45, 2.75) is 12.4 Å². The predicted octanol–water partition coefficient (Wildman–Crippen LogP) is -1.31. The largest absolute Gasteiger partial charge is 0.477 e. The van der Waals surface area contributed by atoms with Crippen molar-refractivity contribution >= 4 is 13.3 Å². The Hall–Kier alpha value is -0.545. The molecule has 0 aromatic carbocycles. The Balaban J connectivity index is 2.45. The molecule has 0 aliphatic carbocycles. The Labute approximate surface area is 53.9 Å². The Kier molecular flexibility index (Phi) is 1.73. The Bertz CT molecular complexity index is 128. The van der Waals surface area contributed by atoms with Crippen molar-refractivity contribution in [3.8, 4) is 0 Å². The van der Waals surface area contributed by atoms with Crippen LogP contribution in [0.4, 0.5) is 0 Å². The van der Waals surface area contributed by atoms with Crippen LogP contribution in [0.3, 0.4) is 0 Å². The number of hydrazone groups is 1. The van der Waals surface area contributed by atoms with Crippen molar-refractivity contribution in [2.24, 2.45) is 5.10 Å². The topological polar surface area (TPSA) is 56.1 Å². The summed E-state index contributed by atoms with van der Waals surface area (Å²) in [5, 5.41) is 22.7. The van der Waals surface area contributed by atoms with Gasteiger partial charge in [-0.2, -0.15) is 5.10 Å². The van der Waals surface area contributed by atoms with Gasteiger partial charge >= 0.3 is 7.12 Å². The van der Waals surface area contributed by atoms with E-state index in [0.717, 1.165) is 0 Å². The van der Waals surface area contributed by atoms with Crippen LogP contribution in [0.15, 0.2) is 5.10 Å². The van der Waals surface area contributed by atoms with Crippen LogP contribution in [0, 0.1) is 0 Å². The maximum atomic E-state index is 8.66. The molecule has 0 radical (unpaired) electrons. The number of hydrogen-bond acceptors (Lipinski definition) is 4. The Morgan fingerprint density at radius 1 is 1.78 bits per heavy atom. The molecule has 1 heterocycles. The molecule has 0 saturated carbocycles. The highest BCUT2D eigenvalue weighted by Gasteiger charge is 2.28. The van der Waals surface area contributed by atoms with Gasteiger partial charge in [0.1, 0.15) is 0 Å². The SMILES string of the molecule is CN1N=CCC1B(O)O. The second kappa shape index (κ2) is 2.37. The Morgan fingerprint density at radius 3 is 2.67 bits per heavy atom. The van der Waals surface area contributed by atoms with Crippen molar-refractivity contribution in [2.75, 3.05) is 7.05 Å². The first-order chi connectivity index (χ1) is 4.22. The lowest BCUT2D eigenvalue weighted by molar-refractivity contribution is 0.280. The summed E-state index contributed by atoms with van der Waals surface area (Å²) in [5.74, 6) is -0.245. The van der Waals surface area contributed by atoms with Gasteiger partial charge in [0.25, 0.3) is 0 Å². The van der Waals surface area contributed by atoms with Crippen molar-refractivity contribution < 1.29 is 10.0 Å². The molecule has 0 amide bonds. The van der Waals surface area contributed by atoms with Gasteiger partial charge in [0, 0.05) is 19.7 Å². The van der Waals surface area contributed by atoms with Crippen LogP contribution in [0.1, 0.15) is 6.42 Å². The molecule has 4 nitrogen and oxygen atoms in total. The van der Waals surface area contributed by atoms with E-state index in [9.17, 15) is 0 Å². The van der Waals surface area contributed by atoms with Crippen LogP contribution >= 0.6 is 0 Å². The van der Waals surface area contributed by atoms with Crippen LogP contribution < -0.4 is 0 Å². The molecule has 1 unspecified atom stereocenters. The summed E-state index contributed by atoms with van der Waals surface area (Å²) < 4.78 is 0. The van der Waals surface area contributed by atoms with Gasteiger partial charge in [-0.3, -0.25) is 5.01 Å². The molecule has 0 spiro atoms. The van der Waals surface area contributed by atoms with E-state index in [1.807, 2.05) is 0 Å². The second-order valence-electron chi connectivity index (χ2n) is 2.09. The van der Waals surface area contributed by atoms with Crippen LogP contribution in [-0.4, -0.2) is 41.4 Å². The number of rotatable bonds is 1. The van der Waals surface area contributed by atoms with Gasteiger partial charge in [-0.05, 0) is 0 Å². The van der Waals surface area contributed by atoms with Crippen LogP contribution in [0.2, 0.25) is 0 Å². The van der Waals surface area contributed by atoms with E-state index in [1.165, 1.54) is 0 Å². The molecule has 1 aliphatic rings. The minimum atomic E-state index is -1.28. The summed E-state index contributed by atoms with van der Waals surface area (Å²) in [6, 6.07) is 0. The number of nitrogens with zero attached hydrogens (tertiary/aromatic N) is 2. The molecule has 1 atom stereocenters. The third-order valence-electron chi connectivity index (χ3n) is 1.43. The Morgan fingerprint density at radius 2 is 2.44 bits per heavy atom. The summed E-state index contributed by atoms with van der Waals surface area (Å²) in [6.45, 7) is 0. The molecule has 0 aromatic rings. The van der Waals surface area contributed by atoms with Gasteiger partial charge in [0.2, 0.25) is 0 Å². The van der Waals surface area contributed by atoms with Gasteiger partial charge in [-0.1, -0.05) is 0 Å². The fraction of sp³-hybridized carbons (Fsp3) is 0.750. The van der Waals surface area contributed by atoms with Gasteiger partial charge in [0.15, 0.2) is 0 Å². The summed E-state index contributed by atoms with van der Waals surface area (Å²) >= 11 is 0. The van der Waals surface area contributed by atoms with E-state index in [2.05, 4.69) is 5.10 Å². The lowest BCUT2D eigenvalue weighted by atomic mass is 9.78. The van der Waals surface area contributed by atoms with Gasteiger partial charge in [0.05, 0.1) is 5.94 Å². The fourth-order valence-electron chi connectivity index (χ4n) is 0.837. The molecule has 2 N–H and O–H groups in total. The van der Waals surface area contributed by atoms with Gasteiger partial charge in [-0.25, -0.2) is 0 Å². The van der Waals surface area contributed by atoms with Crippen LogP contribution in [0.25, 0.3) is 0 Å². The zero-order valence-corrected chi connectivity index (χ0v) is 5.23. The molecule has 0 aromatic heterocycles. The van der Waals surface area contributed by atoms with Crippen molar-refractivity contribution in [3.63, 3.8) is 0 Å². The van der Waals surface area contributed by atoms with E-state index < -0.39 is 7.12 Å². The second-order valence-corrected chi connectivity index (χ2v) is 2.09. The van der Waals surface area contributed by atoms with E-state index in [4.69, 9.17) is 10.0 Å². The van der Waals surface area contributed by atoms with E-state index in [0.29, 0.717) is 6.42 Å². The van der Waals surface area contributed by atoms with Gasteiger partial charge in [-0.15, -0.1) is 0 Å². The van der Waals surface area contributed by atoms with Crippen LogP contribution in [-0.2, 0) is 0 Å². The molecule has 0 fully saturated rings. The highest BCUT2D eigenvalue weighted by molar-refractivity contribution is 6.43. The summed E-state index contributed by atoms with van der Waals surface area (Å²) in [4.78, 5) is 0. The molecular formula is C4H9BN2O2. The van der Waals surface area contributed by atoms with E-state index in [1.54, 1.807) is 18.3 Å². The van der Waals surface area contributed by atoms with Crippen molar-refractivity contribution in [1.82, 2.24) is 5.01 Å². The van der Waals surface area contributed by atoms with E-state index >= 15 is 0 Å². The predicted molar refractivity (Wildman–Crippen MR) is 34.9 cm³/mol. The molecule has 0 bridgehead atoms. The zero-order valence-electron chi connectivity index (χ0n) is 5.23. The highest BCUT2D eigenvalue weighted by Crippen LogP contribution is 2.07. The molecular weight excluding hydrogens is 119 g/mol. The van der Waals surface area contributed by atoms with Crippen molar-refractivity contribution in [1.29, 1.82) is 0 Å². The summed E-state index contributed by atoms with van der Waals surface area (Å²) in [5.41, 5.74) is 0. The average Bonchev–Trinajstić information content (AvgIpc) is 2.13. The smallest absolute Gasteiger partial charge is 0.426 e. The lowest BCUT2D eigenvalue weighted by Crippen LogP contribution is -2.39. The quantitative estimate of drug-likeness (QED) is 0.431. The minimum absolute atomic E-state index is 0.245. The van der Waals surface area contributed by atoms with E-state index in [-0.39, 0.29) is 5.94 Å². The molecule has 5 heteroatoms. The molecule has 50 valence electrons. The highest BCUT2D eigenvalue weighted by atomic mass is 16.4. The molecule has 9 heavy (non-hydrogen) atoms. The van der Waals surface area contributed by atoms with Gasteiger partial charge < -0.3 is 10.0 Å². The third kappa shape index (κ3) is 1.23. The molecule has 1 aliphatic heterocycles. The lowest BCUT2D eigenvalue weighted by Gasteiger charge is -2.16. The minimum Gasteiger partial charge on any atom is -0.426 e. The molecule has 1 rings (SSSR count). The monoisotopic (exact) mass is 128 g/mol. The molecule has 0 saturated heterocycles. The first kappa shape index (κ1) is 6.57. The standard InChI is InChI=1S/C4H9BN2O2/c1-7-4(5(8)9)2-3-6-7/h3-4,8-9H,2H2,1H3. The maximum Gasteiger partial charge on any atom is 0.477 e. The first-order valence-corrected chi connectivity index (χ1v) is 2.83. The van der Waals surface area contributed by atoms with Crippen molar-refractivity contribution in [3.05, 3.63) is 0 Å². The first-order valence-electron chi connectivity index (χ1n) is 2.83. The summed E-state index contributed by atoms with van der Waals surface area (Å²) in [6.07, 6.45) is 2.29.